The van der Waals surface area contributed by atoms with Gasteiger partial charge in [0, 0.05) is 0 Å². The number of benzene rings is 1. The summed E-state index contributed by atoms with van der Waals surface area (Å²) in [6, 6.07) is 4.89. The molecule has 0 fully saturated rings. The molecule has 0 aliphatic rings. The molecule has 24 heavy (non-hydrogen) atoms. The van der Waals surface area contributed by atoms with E-state index in [1.807, 2.05) is 0 Å². The molecular formula is C18H30CaO4S. The molecule has 1 aromatic carbocycles. The first-order valence-electron chi connectivity index (χ1n) is 8.96. The Hall–Kier alpha value is 0.190. The third-order valence-corrected chi connectivity index (χ3v) is 5.40. The Kier molecular flexibility index (Phi) is 15.6. The van der Waals surface area contributed by atoms with Crippen molar-refractivity contribution in [1.82, 2.24) is 0 Å². The number of unbranched alkanes of at least 4 members (excludes halogenated alkanes) is 9. The van der Waals surface area contributed by atoms with Gasteiger partial charge in [-0.05, 0) is 6.07 Å². The van der Waals surface area contributed by atoms with Gasteiger partial charge in [0.15, 0.2) is 0 Å². The van der Waals surface area contributed by atoms with Crippen molar-refractivity contribution in [3.05, 3.63) is 24.3 Å². The molecule has 0 spiro atoms. The second-order valence-electron chi connectivity index (χ2n) is 5.96. The van der Waals surface area contributed by atoms with Crippen molar-refractivity contribution < 1.29 is 18.1 Å². The Morgan fingerprint density at radius 1 is 0.917 bits per heavy atom. The van der Waals surface area contributed by atoms with Crippen LogP contribution < -0.4 is 5.11 Å². The number of rotatable bonds is 11. The number of hydrogen-bond acceptors (Lipinski definition) is 3. The monoisotopic (exact) mass is 382 g/mol. The average Bonchev–Trinajstić information content (AvgIpc) is 2.53. The van der Waals surface area contributed by atoms with E-state index in [1.54, 1.807) is 0 Å². The van der Waals surface area contributed by atoms with Crippen LogP contribution in [-0.2, 0) is 10.1 Å². The predicted molar refractivity (Wildman–Crippen MR) is 98.1 cm³/mol. The van der Waals surface area contributed by atoms with Crippen LogP contribution in [0.5, 0.6) is 5.75 Å². The van der Waals surface area contributed by atoms with Gasteiger partial charge in [-0.2, -0.15) is 8.42 Å². The maximum Gasteiger partial charge on any atom is 0.293 e. The molecule has 134 valence electrons. The zero-order valence-corrected chi connectivity index (χ0v) is 17.9. The molecule has 0 atom stereocenters. The van der Waals surface area contributed by atoms with E-state index in [2.05, 4.69) is 6.92 Å². The van der Waals surface area contributed by atoms with Gasteiger partial charge in [0.25, 0.3) is 10.1 Å². The Bertz CT molecular complexity index is 508. The minimum absolute atomic E-state index is 0.583. The van der Waals surface area contributed by atoms with Gasteiger partial charge in [-0.15, -0.1) is 0 Å². The minimum atomic E-state index is -4.35. The molecule has 0 saturated heterocycles. The van der Waals surface area contributed by atoms with E-state index in [0.29, 0.717) is 0 Å². The van der Waals surface area contributed by atoms with Crippen molar-refractivity contribution in [2.45, 2.75) is 78.5 Å². The van der Waals surface area contributed by atoms with E-state index < -0.39 is 20.8 Å². The van der Waals surface area contributed by atoms with Crippen molar-refractivity contribution in [2.24, 2.45) is 0 Å². The zero-order chi connectivity index (χ0) is 18.3. The van der Waals surface area contributed by atoms with Gasteiger partial charge < -0.3 is 5.11 Å². The molecule has 0 bridgehead atoms. The minimum Gasteiger partial charge on any atom is -0.872 e. The fourth-order valence-electron chi connectivity index (χ4n) is 2.33. The van der Waals surface area contributed by atoms with Gasteiger partial charge >= 0.3 is 109 Å². The first kappa shape index (κ1) is 24.2. The molecule has 0 aliphatic carbocycles. The van der Waals surface area contributed by atoms with Gasteiger partial charge in [0.1, 0.15) is 0 Å². The van der Waals surface area contributed by atoms with Gasteiger partial charge in [0.2, 0.25) is 0 Å². The van der Waals surface area contributed by atoms with E-state index in [4.69, 9.17) is 4.55 Å². The van der Waals surface area contributed by atoms with Gasteiger partial charge in [-0.25, -0.2) is 0 Å². The molecule has 0 aliphatic heterocycles. The van der Waals surface area contributed by atoms with Crippen LogP contribution in [0.2, 0.25) is 2.52 Å². The van der Waals surface area contributed by atoms with E-state index in [9.17, 15) is 13.5 Å². The van der Waals surface area contributed by atoms with Gasteiger partial charge in [0.05, 0.1) is 4.90 Å². The molecule has 0 radical (unpaired) electrons. The van der Waals surface area contributed by atoms with Crippen LogP contribution in [-0.4, -0.2) is 48.8 Å². The van der Waals surface area contributed by atoms with Crippen LogP contribution >= 0.6 is 0 Å². The second kappa shape index (κ2) is 15.4. The Morgan fingerprint density at radius 2 is 1.38 bits per heavy atom. The molecule has 1 N–H and O–H groups in total. The van der Waals surface area contributed by atoms with Crippen LogP contribution in [0.4, 0.5) is 0 Å². The fourth-order valence-corrected chi connectivity index (χ4v) is 3.45. The normalized spacial score (nSPS) is 11.0. The fraction of sp³-hybridized carbons (Fsp3) is 0.667. The van der Waals surface area contributed by atoms with Crippen LogP contribution in [0, 0.1) is 0 Å². The first-order chi connectivity index (χ1) is 11.4. The third kappa shape index (κ3) is 13.5. The van der Waals surface area contributed by atoms with Gasteiger partial charge in [-0.3, -0.25) is 4.55 Å². The van der Waals surface area contributed by atoms with Crippen LogP contribution in [0.3, 0.4) is 0 Å². The maximum absolute atomic E-state index is 10.7. The summed E-state index contributed by atoms with van der Waals surface area (Å²) in [5, 5.41) is 10.7. The summed E-state index contributed by atoms with van der Waals surface area (Å²) >= 11 is 1.50. The largest absolute Gasteiger partial charge is 0.872 e. The number of hydrogen-bond donors (Lipinski definition) is 1. The first-order valence-corrected chi connectivity index (χ1v) is 12.0. The summed E-state index contributed by atoms with van der Waals surface area (Å²) in [6.45, 7) is 2.29. The molecular weight excluding hydrogens is 352 g/mol. The van der Waals surface area contributed by atoms with Crippen molar-refractivity contribution in [1.29, 1.82) is 0 Å². The average molecular weight is 383 g/mol. The van der Waals surface area contributed by atoms with E-state index in [-0.39, 0.29) is 0 Å². The summed E-state index contributed by atoms with van der Waals surface area (Å²) < 4.78 is 30.8. The quantitative estimate of drug-likeness (QED) is 0.347. The second-order valence-corrected chi connectivity index (χ2v) is 8.45. The van der Waals surface area contributed by atoms with Gasteiger partial charge in [-0.1, -0.05) is 23.9 Å². The van der Waals surface area contributed by atoms with Crippen molar-refractivity contribution in [2.75, 3.05) is 0 Å². The van der Waals surface area contributed by atoms with Crippen LogP contribution in [0.15, 0.2) is 29.2 Å². The standard InChI is InChI=1S/C12H25.C6H6O4S.Ca/c1-3-5-7-9-11-12-10-8-6-4-2;7-5-3-1-2-4-6(5)11(8,9)10;/h1,3-12H2,2H3;1-4,7H,(H,8,9,10);/q;;+1/p-1. The zero-order valence-electron chi connectivity index (χ0n) is 14.9. The van der Waals surface area contributed by atoms with E-state index >= 15 is 0 Å². The number of para-hydroxylation sites is 1. The smallest absolute Gasteiger partial charge is 0.293 e. The van der Waals surface area contributed by atoms with Crippen molar-refractivity contribution >= 4 is 45.9 Å². The summed E-state index contributed by atoms with van der Waals surface area (Å²) in [7, 11) is -4.35. The Morgan fingerprint density at radius 3 is 1.75 bits per heavy atom. The molecule has 4 nitrogen and oxygen atoms in total. The molecule has 0 amide bonds. The maximum atomic E-state index is 10.7. The summed E-state index contributed by atoms with van der Waals surface area (Å²) in [4.78, 5) is -0.583. The predicted octanol–water partition coefficient (Wildman–Crippen LogP) is 4.50. The van der Waals surface area contributed by atoms with Crippen LogP contribution in [0.1, 0.15) is 71.1 Å². The summed E-state index contributed by atoms with van der Waals surface area (Å²) in [5.74, 6) is -0.699. The summed E-state index contributed by atoms with van der Waals surface area (Å²) in [6.07, 6.45) is 14.7. The molecule has 0 aromatic heterocycles. The SMILES string of the molecule is CCCCCCCCCCC[CH2][Ca+].O=S(=O)(O)c1ccccc1[O-]. The molecule has 0 saturated carbocycles. The third-order valence-electron chi connectivity index (χ3n) is 3.73. The molecule has 1 rings (SSSR count). The van der Waals surface area contributed by atoms with E-state index in [0.717, 1.165) is 12.1 Å². The Balaban J connectivity index is 0.000000446. The van der Waals surface area contributed by atoms with E-state index in [1.165, 1.54) is 115 Å². The molecule has 0 unspecified atom stereocenters. The van der Waals surface area contributed by atoms with Crippen molar-refractivity contribution in [3.63, 3.8) is 0 Å². The van der Waals surface area contributed by atoms with Crippen LogP contribution in [0.25, 0.3) is 0 Å². The molecule has 1 aromatic rings. The Labute approximate surface area is 171 Å². The topological polar surface area (TPSA) is 77.4 Å². The molecule has 6 heteroatoms. The molecule has 0 heterocycles. The summed E-state index contributed by atoms with van der Waals surface area (Å²) in [5.41, 5.74) is 0. The van der Waals surface area contributed by atoms with Crippen molar-refractivity contribution in [3.8, 4) is 5.75 Å².